The highest BCUT2D eigenvalue weighted by molar-refractivity contribution is 7.93. The predicted molar refractivity (Wildman–Crippen MR) is 69.2 cm³/mol. The summed E-state index contributed by atoms with van der Waals surface area (Å²) in [4.78, 5) is 0. The lowest BCUT2D eigenvalue weighted by Gasteiger charge is -1.98. The molecule has 0 saturated heterocycles. The Hall–Kier alpha value is -1.04. The molecule has 0 saturated carbocycles. The Bertz CT molecular complexity index is 612. The molecule has 1 aliphatic rings. The lowest BCUT2D eigenvalue weighted by Crippen LogP contribution is -2.13. The van der Waals surface area contributed by atoms with E-state index in [4.69, 9.17) is 31.9 Å². The summed E-state index contributed by atoms with van der Waals surface area (Å²) in [7, 11) is 0. The van der Waals surface area contributed by atoms with Gasteiger partial charge in [0.25, 0.3) is 0 Å². The third-order valence-electron chi connectivity index (χ3n) is 2.38. The minimum Gasteiger partial charge on any atom is -0.462 e. The van der Waals surface area contributed by atoms with Crippen molar-refractivity contribution < 1.29 is 8.70 Å². The summed E-state index contributed by atoms with van der Waals surface area (Å²) in [6.07, 6.45) is 2.23. The van der Waals surface area contributed by atoms with Crippen LogP contribution in [-0.4, -0.2) is 5.84 Å². The van der Waals surface area contributed by atoms with Gasteiger partial charge in [-0.05, 0) is 12.1 Å². The smallest absolute Gasteiger partial charge is 0.208 e. The van der Waals surface area contributed by atoms with Gasteiger partial charge in [-0.2, -0.15) is 0 Å². The van der Waals surface area contributed by atoms with Crippen LogP contribution in [-0.2, 0) is 10.7 Å². The minimum atomic E-state index is 0.505. The van der Waals surface area contributed by atoms with Crippen LogP contribution in [0.25, 0.3) is 11.0 Å². The molecule has 1 aliphatic heterocycles. The SMILES string of the molecule is Clc1cc(Cl)c2occ(CC3=NOSN3)c2c1. The molecule has 1 N–H and O–H groups in total. The topological polar surface area (TPSA) is 46.8 Å². The van der Waals surface area contributed by atoms with Gasteiger partial charge in [-0.3, -0.25) is 9.01 Å². The molecule has 3 rings (SSSR count). The number of hydrogen-bond acceptors (Lipinski definition) is 5. The normalized spacial score (nSPS) is 14.6. The van der Waals surface area contributed by atoms with Crippen molar-refractivity contribution in [2.24, 2.45) is 5.16 Å². The highest BCUT2D eigenvalue weighted by atomic mass is 35.5. The zero-order valence-corrected chi connectivity index (χ0v) is 10.7. The molecule has 88 valence electrons. The Morgan fingerprint density at radius 1 is 1.35 bits per heavy atom. The number of halogens is 2. The van der Waals surface area contributed by atoms with E-state index in [1.165, 1.54) is 0 Å². The van der Waals surface area contributed by atoms with Gasteiger partial charge in [-0.1, -0.05) is 28.4 Å². The largest absolute Gasteiger partial charge is 0.462 e. The second-order valence-corrected chi connectivity index (χ2v) is 4.86. The molecule has 0 aliphatic carbocycles. The summed E-state index contributed by atoms with van der Waals surface area (Å²) in [5.41, 5.74) is 1.60. The maximum atomic E-state index is 6.04. The number of amidine groups is 1. The number of benzene rings is 1. The summed E-state index contributed by atoms with van der Waals surface area (Å²) in [5, 5.41) is 5.80. The summed E-state index contributed by atoms with van der Waals surface area (Å²) in [5.74, 6) is 0.730. The van der Waals surface area contributed by atoms with E-state index < -0.39 is 0 Å². The molecule has 2 aromatic rings. The Morgan fingerprint density at radius 2 is 2.24 bits per heavy atom. The molecule has 0 bridgehead atoms. The van der Waals surface area contributed by atoms with E-state index in [0.29, 0.717) is 22.0 Å². The van der Waals surface area contributed by atoms with Gasteiger partial charge in [0, 0.05) is 22.4 Å². The molecule has 0 fully saturated rings. The first-order chi connectivity index (χ1) is 8.24. The highest BCUT2D eigenvalue weighted by Crippen LogP contribution is 2.32. The minimum absolute atomic E-state index is 0.505. The van der Waals surface area contributed by atoms with E-state index in [1.54, 1.807) is 12.3 Å². The fourth-order valence-corrected chi connectivity index (χ4v) is 2.55. The van der Waals surface area contributed by atoms with Crippen molar-refractivity contribution in [2.45, 2.75) is 6.42 Å². The van der Waals surface area contributed by atoms with Crippen molar-refractivity contribution in [3.63, 3.8) is 0 Å². The third kappa shape index (κ3) is 2.06. The second-order valence-electron chi connectivity index (χ2n) is 3.50. The first kappa shape index (κ1) is 11.1. The lowest BCUT2D eigenvalue weighted by molar-refractivity contribution is 0.415. The number of nitrogens with zero attached hydrogens (tertiary/aromatic N) is 1. The third-order valence-corrected chi connectivity index (χ3v) is 3.34. The van der Waals surface area contributed by atoms with Gasteiger partial charge in [-0.15, -0.1) is 0 Å². The molecule has 0 radical (unpaired) electrons. The molecular formula is C10H6Cl2N2O2S. The summed E-state index contributed by atoms with van der Waals surface area (Å²) < 4.78 is 13.1. The number of furan rings is 1. The van der Waals surface area contributed by atoms with Gasteiger partial charge in [0.05, 0.1) is 11.3 Å². The molecule has 1 aromatic heterocycles. The maximum absolute atomic E-state index is 6.04. The van der Waals surface area contributed by atoms with Crippen LogP contribution in [0.5, 0.6) is 0 Å². The number of oxime groups is 1. The van der Waals surface area contributed by atoms with E-state index in [0.717, 1.165) is 29.0 Å². The van der Waals surface area contributed by atoms with Crippen molar-refractivity contribution >= 4 is 52.2 Å². The number of nitrogens with one attached hydrogen (secondary N) is 1. The fourth-order valence-electron chi connectivity index (χ4n) is 1.65. The van der Waals surface area contributed by atoms with Crippen LogP contribution in [0.3, 0.4) is 0 Å². The number of rotatable bonds is 2. The van der Waals surface area contributed by atoms with Gasteiger partial charge in [-0.25, -0.2) is 0 Å². The van der Waals surface area contributed by atoms with E-state index >= 15 is 0 Å². The summed E-state index contributed by atoms with van der Waals surface area (Å²) in [6.45, 7) is 0. The summed E-state index contributed by atoms with van der Waals surface area (Å²) in [6, 6.07) is 3.48. The lowest BCUT2D eigenvalue weighted by atomic mass is 10.1. The van der Waals surface area contributed by atoms with Crippen LogP contribution in [0.2, 0.25) is 10.0 Å². The molecule has 0 amide bonds. The number of hydrogen-bond donors (Lipinski definition) is 1. The van der Waals surface area contributed by atoms with Crippen LogP contribution >= 0.6 is 35.4 Å². The van der Waals surface area contributed by atoms with Gasteiger partial charge in [0.15, 0.2) is 11.4 Å². The Labute approximate surface area is 111 Å². The van der Waals surface area contributed by atoms with Crippen LogP contribution in [0.1, 0.15) is 5.56 Å². The second kappa shape index (κ2) is 4.33. The van der Waals surface area contributed by atoms with E-state index in [9.17, 15) is 0 Å². The van der Waals surface area contributed by atoms with Crippen molar-refractivity contribution in [1.82, 2.24) is 4.72 Å². The summed E-state index contributed by atoms with van der Waals surface area (Å²) >= 11 is 13.1. The van der Waals surface area contributed by atoms with E-state index in [1.807, 2.05) is 6.07 Å². The molecule has 0 spiro atoms. The molecule has 0 unspecified atom stereocenters. The quantitative estimate of drug-likeness (QED) is 0.675. The average Bonchev–Trinajstić information content (AvgIpc) is 2.89. The molecule has 0 atom stereocenters. The van der Waals surface area contributed by atoms with Crippen LogP contribution < -0.4 is 4.72 Å². The van der Waals surface area contributed by atoms with Crippen molar-refractivity contribution in [1.29, 1.82) is 0 Å². The zero-order valence-electron chi connectivity index (χ0n) is 8.37. The fraction of sp³-hybridized carbons (Fsp3) is 0.100. The molecule has 7 heteroatoms. The first-order valence-corrected chi connectivity index (χ1v) is 6.24. The highest BCUT2D eigenvalue weighted by Gasteiger charge is 2.15. The monoisotopic (exact) mass is 288 g/mol. The molecule has 4 nitrogen and oxygen atoms in total. The van der Waals surface area contributed by atoms with Gasteiger partial charge < -0.3 is 4.42 Å². The van der Waals surface area contributed by atoms with Crippen molar-refractivity contribution in [3.8, 4) is 0 Å². The predicted octanol–water partition coefficient (Wildman–Crippen LogP) is 3.78. The molecule has 17 heavy (non-hydrogen) atoms. The standard InChI is InChI=1S/C10H6Cl2N2O2S/c11-6-2-7-5(1-9-13-16-17-14-9)4-15-10(7)8(12)3-6/h2-4H,1H2,(H,13,14). The first-order valence-electron chi connectivity index (χ1n) is 4.75. The van der Waals surface area contributed by atoms with Crippen LogP contribution in [0.15, 0.2) is 28.0 Å². The number of fused-ring (bicyclic) bond motifs is 1. The van der Waals surface area contributed by atoms with Gasteiger partial charge in [0.2, 0.25) is 12.2 Å². The van der Waals surface area contributed by atoms with E-state index in [-0.39, 0.29) is 0 Å². The Kier molecular flexibility index (Phi) is 2.82. The van der Waals surface area contributed by atoms with Gasteiger partial charge >= 0.3 is 0 Å². The molecular weight excluding hydrogens is 283 g/mol. The average molecular weight is 289 g/mol. The van der Waals surface area contributed by atoms with Crippen LogP contribution in [0, 0.1) is 0 Å². The van der Waals surface area contributed by atoms with Gasteiger partial charge in [0.1, 0.15) is 0 Å². The zero-order chi connectivity index (χ0) is 11.8. The van der Waals surface area contributed by atoms with Crippen molar-refractivity contribution in [3.05, 3.63) is 34.0 Å². The van der Waals surface area contributed by atoms with Crippen molar-refractivity contribution in [2.75, 3.05) is 0 Å². The Morgan fingerprint density at radius 3 is 3.00 bits per heavy atom. The Balaban J connectivity index is 2.05. The van der Waals surface area contributed by atoms with E-state index in [2.05, 4.69) is 9.88 Å². The molecule has 2 heterocycles. The van der Waals surface area contributed by atoms with Crippen LogP contribution in [0.4, 0.5) is 0 Å². The maximum Gasteiger partial charge on any atom is 0.208 e. The molecule has 1 aromatic carbocycles.